The van der Waals surface area contributed by atoms with E-state index in [1.165, 1.54) is 19.5 Å². The van der Waals surface area contributed by atoms with E-state index in [2.05, 4.69) is 5.32 Å². The number of hydrogen-bond donors (Lipinski definition) is 1. The van der Waals surface area contributed by atoms with Gasteiger partial charge in [-0.3, -0.25) is 0 Å². The molecule has 1 aliphatic rings. The molecule has 0 unspecified atom stereocenters. The molecule has 0 spiro atoms. The van der Waals surface area contributed by atoms with Crippen molar-refractivity contribution in [2.24, 2.45) is 0 Å². The van der Waals surface area contributed by atoms with E-state index in [4.69, 9.17) is 0 Å². The van der Waals surface area contributed by atoms with E-state index in [1.807, 2.05) is 0 Å². The van der Waals surface area contributed by atoms with Crippen molar-refractivity contribution >= 4 is 12.4 Å². The van der Waals surface area contributed by atoms with Crippen molar-refractivity contribution in [3.05, 3.63) is 0 Å². The van der Waals surface area contributed by atoms with Crippen LogP contribution < -0.4 is 11.5 Å². The van der Waals surface area contributed by atoms with Gasteiger partial charge in [-0.15, -0.1) is 12.4 Å². The first-order valence-electron chi connectivity index (χ1n) is 1.71. The Morgan fingerprint density at radius 3 is 1.33 bits per heavy atom. The van der Waals surface area contributed by atoms with Crippen molar-refractivity contribution in [1.82, 2.24) is 11.5 Å². The Balaban J connectivity index is 0. The predicted octanol–water partition coefficient (Wildman–Crippen LogP) is -0.0791. The molecule has 3 radical (unpaired) electrons. The Morgan fingerprint density at radius 2 is 1.33 bits per heavy atom. The summed E-state index contributed by atoms with van der Waals surface area (Å²) >= 11 is 0. The Hall–Kier alpha value is 0.210. The number of nitrogens with zero attached hydrogens (tertiary/aromatic N) is 1. The van der Waals surface area contributed by atoms with Gasteiger partial charge in [-0.05, 0) is 19.5 Å². The smallest absolute Gasteiger partial charge is 0 e. The molecule has 1 N–H and O–H groups in total. The summed E-state index contributed by atoms with van der Waals surface area (Å²) in [5.41, 5.74) is 0. The Bertz CT molecular complexity index is 16.8. The molecule has 0 atom stereocenters. The second kappa shape index (κ2) is 5.21. The lowest BCUT2D eigenvalue weighted by molar-refractivity contribution is 0.527. The number of rotatable bonds is 0. The van der Waals surface area contributed by atoms with Crippen molar-refractivity contribution in [3.63, 3.8) is 0 Å². The molecule has 6 heavy (non-hydrogen) atoms. The van der Waals surface area contributed by atoms with Gasteiger partial charge in [-0.25, -0.2) is 0 Å². The zero-order chi connectivity index (χ0) is 2.83. The van der Waals surface area contributed by atoms with Crippen LogP contribution in [0.3, 0.4) is 0 Å². The normalized spacial score (nSPS) is 16.0. The standard InChI is InChI=1S/C3H7N.ClH.N/c1-2-4-3-1;;/h4H,1-3H2;1H;. The Morgan fingerprint density at radius 1 is 1.17 bits per heavy atom. The van der Waals surface area contributed by atoms with E-state index in [0.717, 1.165) is 0 Å². The fourth-order valence-electron chi connectivity index (χ4n) is 0.177. The van der Waals surface area contributed by atoms with Crippen molar-refractivity contribution in [3.8, 4) is 0 Å². The minimum absolute atomic E-state index is 0. The largest absolute Gasteiger partial charge is 0.317 e. The fourth-order valence-corrected chi connectivity index (χ4v) is 0.177. The molecule has 0 bridgehead atoms. The van der Waals surface area contributed by atoms with E-state index < -0.39 is 0 Å². The minimum Gasteiger partial charge on any atom is -0.317 e. The number of hydrogen-bond acceptors (Lipinski definition) is 1. The summed E-state index contributed by atoms with van der Waals surface area (Å²) in [6.45, 7) is 2.50. The number of halogens is 1. The molecule has 1 rings (SSSR count). The molecule has 1 saturated heterocycles. The van der Waals surface area contributed by atoms with Crippen LogP contribution in [0, 0.1) is 0 Å². The predicted molar refractivity (Wildman–Crippen MR) is 26.9 cm³/mol. The van der Waals surface area contributed by atoms with Crippen LogP contribution in [0.4, 0.5) is 0 Å². The zero-order valence-electron chi connectivity index (χ0n) is 3.48. The average Bonchev–Trinajstić information content (AvgIpc) is 0.722. The van der Waals surface area contributed by atoms with Gasteiger partial charge in [0.2, 0.25) is 0 Å². The Labute approximate surface area is 44.3 Å². The van der Waals surface area contributed by atoms with Gasteiger partial charge in [0.25, 0.3) is 0 Å². The molecule has 1 fully saturated rings. The van der Waals surface area contributed by atoms with E-state index in [-0.39, 0.29) is 18.6 Å². The molecular formula is C3H8ClN2. The zero-order valence-corrected chi connectivity index (χ0v) is 4.29. The third kappa shape index (κ3) is 2.45. The quantitative estimate of drug-likeness (QED) is 0.462. The molecule has 2 nitrogen and oxygen atoms in total. The molecule has 0 aromatic rings. The van der Waals surface area contributed by atoms with Crippen LogP contribution >= 0.6 is 12.4 Å². The Kier molecular flexibility index (Phi) is 8.26. The molecule has 0 saturated carbocycles. The van der Waals surface area contributed by atoms with E-state index >= 15 is 0 Å². The van der Waals surface area contributed by atoms with Gasteiger partial charge in [0.05, 0.1) is 0 Å². The third-order valence-corrected chi connectivity index (χ3v) is 0.707. The minimum atomic E-state index is 0. The highest BCUT2D eigenvalue weighted by atomic mass is 35.5. The lowest BCUT2D eigenvalue weighted by atomic mass is 10.3. The molecule has 1 heterocycles. The van der Waals surface area contributed by atoms with Crippen LogP contribution in [0.2, 0.25) is 0 Å². The molecule has 0 aromatic heterocycles. The lowest BCUT2D eigenvalue weighted by Crippen LogP contribution is -2.29. The van der Waals surface area contributed by atoms with E-state index in [9.17, 15) is 0 Å². The first-order chi connectivity index (χ1) is 2.00. The second-order valence-electron chi connectivity index (χ2n) is 1.10. The van der Waals surface area contributed by atoms with Gasteiger partial charge in [-0.1, -0.05) is 0 Å². The summed E-state index contributed by atoms with van der Waals surface area (Å²) in [7, 11) is 0. The summed E-state index contributed by atoms with van der Waals surface area (Å²) in [4.78, 5) is 0. The van der Waals surface area contributed by atoms with Gasteiger partial charge < -0.3 is 5.32 Å². The van der Waals surface area contributed by atoms with Crippen LogP contribution in [-0.2, 0) is 0 Å². The maximum Gasteiger partial charge on any atom is 0 e. The van der Waals surface area contributed by atoms with E-state index in [0.29, 0.717) is 0 Å². The van der Waals surface area contributed by atoms with Gasteiger partial charge in [0, 0.05) is 6.15 Å². The third-order valence-electron chi connectivity index (χ3n) is 0.707. The topological polar surface area (TPSA) is 42.5 Å². The molecule has 0 aromatic carbocycles. The van der Waals surface area contributed by atoms with Crippen molar-refractivity contribution < 1.29 is 0 Å². The SMILES string of the molecule is C1CNC1.Cl.[N]. The summed E-state index contributed by atoms with van der Waals surface area (Å²) in [6.07, 6.45) is 1.39. The first kappa shape index (κ1) is 9.51. The van der Waals surface area contributed by atoms with Crippen LogP contribution in [0.1, 0.15) is 6.42 Å². The highest BCUT2D eigenvalue weighted by Crippen LogP contribution is 1.80. The summed E-state index contributed by atoms with van der Waals surface area (Å²) in [5.74, 6) is 0. The van der Waals surface area contributed by atoms with Crippen molar-refractivity contribution in [2.75, 3.05) is 13.1 Å². The molecular weight excluding hydrogens is 99.5 g/mol. The monoisotopic (exact) mass is 107 g/mol. The number of nitrogens with one attached hydrogen (secondary N) is 1. The first-order valence-corrected chi connectivity index (χ1v) is 1.71. The molecule has 0 amide bonds. The van der Waals surface area contributed by atoms with Crippen molar-refractivity contribution in [2.45, 2.75) is 6.42 Å². The van der Waals surface area contributed by atoms with Crippen LogP contribution in [0.15, 0.2) is 0 Å². The molecule has 0 aliphatic carbocycles. The maximum atomic E-state index is 3.11. The lowest BCUT2D eigenvalue weighted by Gasteiger charge is -2.09. The maximum absolute atomic E-state index is 3.11. The fraction of sp³-hybridized carbons (Fsp3) is 1.00. The summed E-state index contributed by atoms with van der Waals surface area (Å²) in [5, 5.41) is 3.11. The van der Waals surface area contributed by atoms with Crippen LogP contribution in [0.25, 0.3) is 0 Å². The van der Waals surface area contributed by atoms with Crippen molar-refractivity contribution in [1.29, 1.82) is 0 Å². The van der Waals surface area contributed by atoms with Gasteiger partial charge in [-0.2, -0.15) is 0 Å². The van der Waals surface area contributed by atoms with Gasteiger partial charge in [0.1, 0.15) is 0 Å². The van der Waals surface area contributed by atoms with Gasteiger partial charge >= 0.3 is 0 Å². The molecule has 3 heteroatoms. The molecule has 37 valence electrons. The van der Waals surface area contributed by atoms with Gasteiger partial charge in [0.15, 0.2) is 0 Å². The average molecular weight is 108 g/mol. The summed E-state index contributed by atoms with van der Waals surface area (Å²) < 4.78 is 0. The summed E-state index contributed by atoms with van der Waals surface area (Å²) in [6, 6.07) is 0. The highest BCUT2D eigenvalue weighted by molar-refractivity contribution is 5.85. The van der Waals surface area contributed by atoms with Crippen LogP contribution in [0.5, 0.6) is 0 Å². The van der Waals surface area contributed by atoms with E-state index in [1.54, 1.807) is 0 Å². The van der Waals surface area contributed by atoms with Crippen LogP contribution in [-0.4, -0.2) is 13.1 Å². The molecule has 1 aliphatic heterocycles. The highest BCUT2D eigenvalue weighted by Gasteiger charge is 1.92. The second-order valence-corrected chi connectivity index (χ2v) is 1.10.